The van der Waals surface area contributed by atoms with Crippen LogP contribution in [0.25, 0.3) is 0 Å². The first kappa shape index (κ1) is 12.7. The van der Waals surface area contributed by atoms with Crippen LogP contribution in [0.1, 0.15) is 5.56 Å². The lowest BCUT2D eigenvalue weighted by Gasteiger charge is -2.09. The highest BCUT2D eigenvalue weighted by Crippen LogP contribution is 2.11. The molecular formula is C10H18N4O2. The van der Waals surface area contributed by atoms with Crippen LogP contribution in [0.5, 0.6) is 0 Å². The van der Waals surface area contributed by atoms with E-state index in [1.54, 1.807) is 13.2 Å². The van der Waals surface area contributed by atoms with Crippen LogP contribution >= 0.6 is 0 Å². The Bertz CT molecular complexity index is 320. The van der Waals surface area contributed by atoms with E-state index in [2.05, 4.69) is 20.6 Å². The second-order valence-corrected chi connectivity index (χ2v) is 3.24. The second-order valence-electron chi connectivity index (χ2n) is 3.24. The molecule has 0 radical (unpaired) electrons. The van der Waals surface area contributed by atoms with Crippen molar-refractivity contribution in [2.45, 2.75) is 6.92 Å². The van der Waals surface area contributed by atoms with Gasteiger partial charge in [0.2, 0.25) is 5.95 Å². The summed E-state index contributed by atoms with van der Waals surface area (Å²) in [4.78, 5) is 8.36. The molecule has 1 aromatic heterocycles. The van der Waals surface area contributed by atoms with Gasteiger partial charge < -0.3 is 20.5 Å². The van der Waals surface area contributed by atoms with Crippen molar-refractivity contribution < 1.29 is 9.84 Å². The van der Waals surface area contributed by atoms with Gasteiger partial charge in [-0.15, -0.1) is 0 Å². The fraction of sp³-hybridized carbons (Fsp3) is 0.600. The van der Waals surface area contributed by atoms with E-state index >= 15 is 0 Å². The number of aryl methyl sites for hydroxylation is 1. The normalized spacial score (nSPS) is 10.2. The van der Waals surface area contributed by atoms with E-state index in [0.29, 0.717) is 25.7 Å². The zero-order chi connectivity index (χ0) is 11.8. The summed E-state index contributed by atoms with van der Waals surface area (Å²) in [6.07, 6.45) is 1.76. The minimum Gasteiger partial charge on any atom is -0.394 e. The summed E-state index contributed by atoms with van der Waals surface area (Å²) < 4.78 is 5.13. The van der Waals surface area contributed by atoms with Crippen LogP contribution in [0, 0.1) is 6.92 Å². The summed E-state index contributed by atoms with van der Waals surface area (Å²) in [5.41, 5.74) is 0.987. The molecule has 0 spiro atoms. The molecule has 90 valence electrons. The van der Waals surface area contributed by atoms with Crippen LogP contribution in [0.2, 0.25) is 0 Å². The molecular weight excluding hydrogens is 208 g/mol. The Kier molecular flexibility index (Phi) is 5.52. The monoisotopic (exact) mass is 226 g/mol. The van der Waals surface area contributed by atoms with Gasteiger partial charge in [-0.3, -0.25) is 0 Å². The predicted molar refractivity (Wildman–Crippen MR) is 62.7 cm³/mol. The number of rotatable bonds is 7. The Labute approximate surface area is 95.1 Å². The molecule has 0 fully saturated rings. The third-order valence-electron chi connectivity index (χ3n) is 1.97. The molecule has 6 nitrogen and oxygen atoms in total. The molecule has 0 saturated carbocycles. The van der Waals surface area contributed by atoms with Gasteiger partial charge in [-0.2, -0.15) is 4.98 Å². The number of aliphatic hydroxyl groups excluding tert-OH is 1. The SMILES string of the molecule is CNc1ncc(C)c(NCCOCCO)n1. The molecule has 16 heavy (non-hydrogen) atoms. The average molecular weight is 226 g/mol. The van der Waals surface area contributed by atoms with Crippen molar-refractivity contribution in [3.05, 3.63) is 11.8 Å². The van der Waals surface area contributed by atoms with Crippen molar-refractivity contribution in [2.75, 3.05) is 44.0 Å². The lowest BCUT2D eigenvalue weighted by molar-refractivity contribution is 0.0992. The van der Waals surface area contributed by atoms with E-state index in [4.69, 9.17) is 9.84 Å². The summed E-state index contributed by atoms with van der Waals surface area (Å²) in [7, 11) is 1.78. The van der Waals surface area contributed by atoms with Crippen molar-refractivity contribution in [3.8, 4) is 0 Å². The van der Waals surface area contributed by atoms with Crippen molar-refractivity contribution in [2.24, 2.45) is 0 Å². The van der Waals surface area contributed by atoms with Gasteiger partial charge in [0.25, 0.3) is 0 Å². The molecule has 3 N–H and O–H groups in total. The number of aromatic nitrogens is 2. The first-order valence-corrected chi connectivity index (χ1v) is 5.21. The van der Waals surface area contributed by atoms with Gasteiger partial charge in [-0.05, 0) is 6.92 Å². The number of aliphatic hydroxyl groups is 1. The van der Waals surface area contributed by atoms with Crippen LogP contribution in [-0.2, 0) is 4.74 Å². The van der Waals surface area contributed by atoms with Crippen molar-refractivity contribution in [1.82, 2.24) is 9.97 Å². The lowest BCUT2D eigenvalue weighted by Crippen LogP contribution is -2.13. The Morgan fingerprint density at radius 3 is 2.94 bits per heavy atom. The number of hydrogen-bond donors (Lipinski definition) is 3. The third-order valence-corrected chi connectivity index (χ3v) is 1.97. The lowest BCUT2D eigenvalue weighted by atomic mass is 10.3. The number of nitrogens with zero attached hydrogens (tertiary/aromatic N) is 2. The van der Waals surface area contributed by atoms with Gasteiger partial charge in [0, 0.05) is 25.4 Å². The van der Waals surface area contributed by atoms with Gasteiger partial charge >= 0.3 is 0 Å². The summed E-state index contributed by atoms with van der Waals surface area (Å²) >= 11 is 0. The highest BCUT2D eigenvalue weighted by atomic mass is 16.5. The van der Waals surface area contributed by atoms with Crippen LogP contribution in [0.3, 0.4) is 0 Å². The van der Waals surface area contributed by atoms with Crippen molar-refractivity contribution in [1.29, 1.82) is 0 Å². The second kappa shape index (κ2) is 6.97. The molecule has 0 aromatic carbocycles. The first-order chi connectivity index (χ1) is 7.77. The highest BCUT2D eigenvalue weighted by molar-refractivity contribution is 5.46. The minimum atomic E-state index is 0.0520. The van der Waals surface area contributed by atoms with Gasteiger partial charge in [0.15, 0.2) is 0 Å². The van der Waals surface area contributed by atoms with Crippen LogP contribution < -0.4 is 10.6 Å². The quantitative estimate of drug-likeness (QED) is 0.578. The largest absolute Gasteiger partial charge is 0.394 e. The molecule has 0 atom stereocenters. The molecule has 6 heteroatoms. The van der Waals surface area contributed by atoms with E-state index in [1.807, 2.05) is 6.92 Å². The molecule has 1 aromatic rings. The Morgan fingerprint density at radius 2 is 2.25 bits per heavy atom. The predicted octanol–water partition coefficient (Wildman–Crippen LogP) is 0.248. The molecule has 0 unspecified atom stereocenters. The summed E-state index contributed by atoms with van der Waals surface area (Å²) in [6, 6.07) is 0. The van der Waals surface area contributed by atoms with Crippen molar-refractivity contribution in [3.63, 3.8) is 0 Å². The maximum atomic E-state index is 8.52. The van der Waals surface area contributed by atoms with E-state index in [0.717, 1.165) is 11.4 Å². The van der Waals surface area contributed by atoms with E-state index in [1.165, 1.54) is 0 Å². The summed E-state index contributed by atoms with van der Waals surface area (Å²) in [5, 5.41) is 14.5. The molecule has 0 aliphatic rings. The molecule has 0 bridgehead atoms. The molecule has 1 rings (SSSR count). The maximum absolute atomic E-state index is 8.52. The molecule has 0 saturated heterocycles. The van der Waals surface area contributed by atoms with Gasteiger partial charge in [0.1, 0.15) is 5.82 Å². The Hall–Kier alpha value is -1.40. The molecule has 0 aliphatic heterocycles. The van der Waals surface area contributed by atoms with Gasteiger partial charge in [-0.25, -0.2) is 4.98 Å². The summed E-state index contributed by atoms with van der Waals surface area (Å²) in [5.74, 6) is 1.39. The smallest absolute Gasteiger partial charge is 0.224 e. The summed E-state index contributed by atoms with van der Waals surface area (Å²) in [6.45, 7) is 3.55. The standard InChI is InChI=1S/C10H18N4O2/c1-8-7-13-10(11-2)14-9(8)12-3-5-16-6-4-15/h7,15H,3-6H2,1-2H3,(H2,11,12,13,14). The van der Waals surface area contributed by atoms with Crippen LogP contribution in [-0.4, -0.2) is 48.5 Å². The van der Waals surface area contributed by atoms with E-state index in [9.17, 15) is 0 Å². The third kappa shape index (κ3) is 4.00. The topological polar surface area (TPSA) is 79.3 Å². The fourth-order valence-corrected chi connectivity index (χ4v) is 1.15. The molecule has 1 heterocycles. The average Bonchev–Trinajstić information content (AvgIpc) is 2.31. The van der Waals surface area contributed by atoms with E-state index in [-0.39, 0.29) is 6.61 Å². The Balaban J connectivity index is 2.40. The Morgan fingerprint density at radius 1 is 1.44 bits per heavy atom. The fourth-order valence-electron chi connectivity index (χ4n) is 1.15. The number of nitrogens with one attached hydrogen (secondary N) is 2. The zero-order valence-corrected chi connectivity index (χ0v) is 9.66. The highest BCUT2D eigenvalue weighted by Gasteiger charge is 2.01. The van der Waals surface area contributed by atoms with Gasteiger partial charge in [0.05, 0.1) is 19.8 Å². The maximum Gasteiger partial charge on any atom is 0.224 e. The first-order valence-electron chi connectivity index (χ1n) is 5.21. The molecule has 0 amide bonds. The minimum absolute atomic E-state index is 0.0520. The van der Waals surface area contributed by atoms with Gasteiger partial charge in [-0.1, -0.05) is 0 Å². The van der Waals surface area contributed by atoms with Crippen LogP contribution in [0.4, 0.5) is 11.8 Å². The zero-order valence-electron chi connectivity index (χ0n) is 9.66. The number of anilines is 2. The van der Waals surface area contributed by atoms with Crippen molar-refractivity contribution >= 4 is 11.8 Å². The van der Waals surface area contributed by atoms with Crippen LogP contribution in [0.15, 0.2) is 6.20 Å². The number of hydrogen-bond acceptors (Lipinski definition) is 6. The number of ether oxygens (including phenoxy) is 1. The molecule has 0 aliphatic carbocycles. The van der Waals surface area contributed by atoms with E-state index < -0.39 is 0 Å².